The molecule has 6 aromatic rings. The topological polar surface area (TPSA) is 130 Å². The second kappa shape index (κ2) is 8.72. The molecule has 2 aromatic carbocycles. The van der Waals surface area contributed by atoms with Crippen LogP contribution in [0.15, 0.2) is 60.9 Å². The lowest BCUT2D eigenvalue weighted by Gasteiger charge is -2.14. The number of phenols is 1. The predicted octanol–water partition coefficient (Wildman–Crippen LogP) is 4.93. The minimum Gasteiger partial charge on any atom is -0.506 e. The number of phenolic OH excluding ortho intramolecular Hbond substituents is 1. The van der Waals surface area contributed by atoms with Crippen LogP contribution in [0, 0.1) is 0 Å². The number of aromatic hydroxyl groups is 1. The summed E-state index contributed by atoms with van der Waals surface area (Å²) in [5, 5.41) is 13.5. The van der Waals surface area contributed by atoms with E-state index in [0.717, 1.165) is 16.3 Å². The number of methoxy groups -OCH3 is 2. The lowest BCUT2D eigenvalue weighted by atomic mass is 10.0. The number of nitrogens with one attached hydrogen (secondary N) is 2. The van der Waals surface area contributed by atoms with Crippen LogP contribution in [0.4, 0.5) is 0 Å². The number of benzene rings is 2. The smallest absolute Gasteiger partial charge is 0.212 e. The third-order valence-corrected chi connectivity index (χ3v) is 6.70. The Kier molecular flexibility index (Phi) is 5.35. The van der Waals surface area contributed by atoms with Crippen LogP contribution in [0.2, 0.25) is 0 Å². The van der Waals surface area contributed by atoms with Crippen molar-refractivity contribution in [3.05, 3.63) is 72.3 Å². The lowest BCUT2D eigenvalue weighted by molar-refractivity contribution is 0.0541. The molecule has 9 nitrogen and oxygen atoms in total. The summed E-state index contributed by atoms with van der Waals surface area (Å²) in [5.74, 6) is -0.331. The summed E-state index contributed by atoms with van der Waals surface area (Å²) >= 11 is 0. The summed E-state index contributed by atoms with van der Waals surface area (Å²) < 4.78 is 11.0. The number of aromatic nitrogens is 4. The van der Waals surface area contributed by atoms with Crippen molar-refractivity contribution in [2.45, 2.75) is 12.5 Å². The van der Waals surface area contributed by atoms with Gasteiger partial charge in [0.2, 0.25) is 5.78 Å². The van der Waals surface area contributed by atoms with Crippen molar-refractivity contribution < 1.29 is 24.2 Å². The van der Waals surface area contributed by atoms with Gasteiger partial charge in [-0.1, -0.05) is 30.3 Å². The fourth-order valence-corrected chi connectivity index (χ4v) is 4.92. The van der Waals surface area contributed by atoms with Crippen LogP contribution < -0.4 is 4.74 Å². The Morgan fingerprint density at radius 1 is 0.892 bits per heavy atom. The summed E-state index contributed by atoms with van der Waals surface area (Å²) in [6.07, 6.45) is 1.72. The zero-order chi connectivity index (χ0) is 25.7. The largest absolute Gasteiger partial charge is 0.506 e. The summed E-state index contributed by atoms with van der Waals surface area (Å²) in [4.78, 5) is 42.0. The Balaban J connectivity index is 1.40. The molecule has 0 aliphatic heterocycles. The van der Waals surface area contributed by atoms with E-state index in [0.29, 0.717) is 33.1 Å². The highest BCUT2D eigenvalue weighted by Gasteiger charge is 2.29. The van der Waals surface area contributed by atoms with E-state index in [2.05, 4.69) is 19.9 Å². The minimum absolute atomic E-state index is 0.0325. The van der Waals surface area contributed by atoms with Gasteiger partial charge >= 0.3 is 0 Å². The molecule has 0 spiro atoms. The maximum absolute atomic E-state index is 13.6. The first-order valence-corrected chi connectivity index (χ1v) is 11.6. The number of hydrogen-bond acceptors (Lipinski definition) is 7. The van der Waals surface area contributed by atoms with Crippen LogP contribution in [-0.4, -0.2) is 56.9 Å². The first-order chi connectivity index (χ1) is 18.0. The molecule has 0 bridgehead atoms. The van der Waals surface area contributed by atoms with Crippen LogP contribution in [0.5, 0.6) is 11.5 Å². The van der Waals surface area contributed by atoms with Crippen molar-refractivity contribution in [3.63, 3.8) is 0 Å². The molecule has 1 atom stereocenters. The number of pyridine rings is 2. The molecule has 0 unspecified atom stereocenters. The fraction of sp³-hybridized carbons (Fsp3) is 0.143. The molecule has 0 aliphatic rings. The molecule has 184 valence electrons. The van der Waals surface area contributed by atoms with E-state index >= 15 is 0 Å². The van der Waals surface area contributed by atoms with Gasteiger partial charge in [0.1, 0.15) is 29.0 Å². The van der Waals surface area contributed by atoms with Crippen molar-refractivity contribution in [1.29, 1.82) is 0 Å². The number of rotatable bonds is 7. The summed E-state index contributed by atoms with van der Waals surface area (Å²) in [6.45, 7) is 0. The van der Waals surface area contributed by atoms with Crippen LogP contribution in [-0.2, 0) is 4.74 Å². The van der Waals surface area contributed by atoms with Gasteiger partial charge in [0.05, 0.1) is 35.2 Å². The van der Waals surface area contributed by atoms with Gasteiger partial charge in [0, 0.05) is 41.4 Å². The highest BCUT2D eigenvalue weighted by molar-refractivity contribution is 6.19. The zero-order valence-corrected chi connectivity index (χ0v) is 20.0. The van der Waals surface area contributed by atoms with Gasteiger partial charge in [-0.3, -0.25) is 14.6 Å². The molecular weight excluding hydrogens is 472 g/mol. The number of para-hydroxylation sites is 2. The van der Waals surface area contributed by atoms with E-state index in [4.69, 9.17) is 9.47 Å². The quantitative estimate of drug-likeness (QED) is 0.268. The average Bonchev–Trinajstić information content (AvgIpc) is 3.50. The highest BCUT2D eigenvalue weighted by atomic mass is 16.5. The summed E-state index contributed by atoms with van der Waals surface area (Å²) in [6, 6.07) is 14.7. The molecule has 4 heterocycles. The second-order valence-corrected chi connectivity index (χ2v) is 8.72. The Hall–Kier alpha value is -4.76. The van der Waals surface area contributed by atoms with Crippen molar-refractivity contribution in [2.75, 3.05) is 14.2 Å². The van der Waals surface area contributed by atoms with E-state index in [1.165, 1.54) is 20.4 Å². The van der Waals surface area contributed by atoms with Gasteiger partial charge in [-0.2, -0.15) is 0 Å². The van der Waals surface area contributed by atoms with Crippen LogP contribution in [0.3, 0.4) is 0 Å². The molecular formula is C28H22N4O5. The third-order valence-electron chi connectivity index (χ3n) is 6.70. The van der Waals surface area contributed by atoms with Gasteiger partial charge in [0.25, 0.3) is 0 Å². The van der Waals surface area contributed by atoms with Gasteiger partial charge in [-0.25, -0.2) is 4.98 Å². The molecule has 0 fully saturated rings. The molecule has 6 rings (SSSR count). The van der Waals surface area contributed by atoms with E-state index in [1.807, 2.05) is 36.4 Å². The number of aromatic amines is 2. The molecule has 0 aliphatic carbocycles. The molecule has 0 amide bonds. The van der Waals surface area contributed by atoms with E-state index < -0.39 is 11.9 Å². The number of ketones is 2. The normalized spacial score (nSPS) is 12.5. The number of Topliss-reactive ketones (excluding diaryl/α,β-unsaturated/α-hetero) is 2. The fourth-order valence-electron chi connectivity index (χ4n) is 4.92. The van der Waals surface area contributed by atoms with Crippen molar-refractivity contribution in [2.24, 2.45) is 0 Å². The number of H-pyrrole nitrogens is 2. The molecule has 3 N–H and O–H groups in total. The highest BCUT2D eigenvalue weighted by Crippen LogP contribution is 2.37. The van der Waals surface area contributed by atoms with Crippen LogP contribution >= 0.6 is 0 Å². The minimum atomic E-state index is -1.10. The van der Waals surface area contributed by atoms with Crippen LogP contribution in [0.25, 0.3) is 43.6 Å². The van der Waals surface area contributed by atoms with E-state index in [-0.39, 0.29) is 29.3 Å². The van der Waals surface area contributed by atoms with Crippen molar-refractivity contribution >= 4 is 55.2 Å². The Bertz CT molecular complexity index is 1850. The first kappa shape index (κ1) is 22.7. The van der Waals surface area contributed by atoms with E-state index in [1.54, 1.807) is 18.3 Å². The van der Waals surface area contributed by atoms with Crippen molar-refractivity contribution in [1.82, 2.24) is 19.9 Å². The Labute approximate surface area is 210 Å². The maximum Gasteiger partial charge on any atom is 0.212 e. The number of hydrogen-bond donors (Lipinski definition) is 3. The monoisotopic (exact) mass is 494 g/mol. The Morgan fingerprint density at radius 3 is 2.51 bits per heavy atom. The van der Waals surface area contributed by atoms with E-state index in [9.17, 15) is 14.7 Å². The molecule has 0 radical (unpaired) electrons. The number of nitrogens with zero attached hydrogens (tertiary/aromatic N) is 2. The number of fused-ring (bicyclic) bond motifs is 6. The maximum atomic E-state index is 13.6. The van der Waals surface area contributed by atoms with Gasteiger partial charge in [-0.15, -0.1) is 0 Å². The number of carbonyl (C=O) groups excluding carboxylic acids is 2. The molecule has 0 saturated carbocycles. The summed E-state index contributed by atoms with van der Waals surface area (Å²) in [5.41, 5.74) is 2.69. The zero-order valence-electron chi connectivity index (χ0n) is 20.0. The Morgan fingerprint density at radius 2 is 1.70 bits per heavy atom. The van der Waals surface area contributed by atoms with Crippen LogP contribution in [0.1, 0.15) is 27.4 Å². The average molecular weight is 495 g/mol. The van der Waals surface area contributed by atoms with Gasteiger partial charge in [0.15, 0.2) is 5.78 Å². The first-order valence-electron chi connectivity index (χ1n) is 11.6. The molecule has 37 heavy (non-hydrogen) atoms. The summed E-state index contributed by atoms with van der Waals surface area (Å²) in [7, 11) is 2.89. The number of ether oxygens (including phenoxy) is 2. The number of carbonyl (C=O) groups is 2. The molecule has 9 heteroatoms. The standard InChI is InChI=1S/C28H22N4O5/c1-36-20(12-19(34)25-24-15(10-11-29-25)14-6-3-4-8-17(14)31-24)28(35)27-26-22(21(37-2)13-30-27)16-7-5-9-18(33)23(16)32-26/h3-11,13,20,31-33H,12H2,1-2H3/t20-/m1/s1. The molecule has 0 saturated heterocycles. The third kappa shape index (κ3) is 3.51. The van der Waals surface area contributed by atoms with Crippen molar-refractivity contribution in [3.8, 4) is 11.5 Å². The van der Waals surface area contributed by atoms with Gasteiger partial charge < -0.3 is 24.5 Å². The van der Waals surface area contributed by atoms with Gasteiger partial charge in [-0.05, 0) is 18.2 Å². The second-order valence-electron chi connectivity index (χ2n) is 8.72. The predicted molar refractivity (Wildman–Crippen MR) is 139 cm³/mol. The lowest BCUT2D eigenvalue weighted by Crippen LogP contribution is -2.27. The molecule has 4 aromatic heterocycles. The SMILES string of the molecule is COc1cnc(C(=O)[C@@H](CC(=O)c2nccc3c2[nH]c2ccccc23)OC)c2[nH]c3c(O)cccc3c12.